The van der Waals surface area contributed by atoms with E-state index in [9.17, 15) is 9.90 Å². The molecule has 1 N–H and O–H groups in total. The van der Waals surface area contributed by atoms with Crippen molar-refractivity contribution in [3.8, 4) is 5.75 Å². The first-order valence-electron chi connectivity index (χ1n) is 6.29. The van der Waals surface area contributed by atoms with Crippen molar-refractivity contribution in [2.45, 2.75) is 30.8 Å². The summed E-state index contributed by atoms with van der Waals surface area (Å²) < 4.78 is 11.1. The molecule has 0 aromatic heterocycles. The van der Waals surface area contributed by atoms with Crippen molar-refractivity contribution in [1.82, 2.24) is 0 Å². The summed E-state index contributed by atoms with van der Waals surface area (Å²) in [6.07, 6.45) is 2.44. The van der Waals surface area contributed by atoms with Gasteiger partial charge in [0.05, 0.1) is 18.6 Å². The lowest BCUT2D eigenvalue weighted by Crippen LogP contribution is -2.20. The van der Waals surface area contributed by atoms with Gasteiger partial charge in [-0.1, -0.05) is 12.1 Å². The number of carbonyl (C=O) groups is 1. The molecule has 1 saturated heterocycles. The SMILES string of the molecule is O=C(O)C1(c2cccc(OC3CCOC3)c2)CC1. The van der Waals surface area contributed by atoms with Gasteiger partial charge in [-0.05, 0) is 30.5 Å². The summed E-state index contributed by atoms with van der Waals surface area (Å²) in [5.74, 6) is 0.0133. The van der Waals surface area contributed by atoms with Crippen LogP contribution in [0.2, 0.25) is 0 Å². The van der Waals surface area contributed by atoms with Crippen LogP contribution < -0.4 is 4.74 Å². The first-order valence-corrected chi connectivity index (χ1v) is 6.29. The average Bonchev–Trinajstić information content (AvgIpc) is 3.04. The first-order chi connectivity index (χ1) is 8.71. The largest absolute Gasteiger partial charge is 0.488 e. The molecule has 1 atom stereocenters. The van der Waals surface area contributed by atoms with Crippen molar-refractivity contribution in [1.29, 1.82) is 0 Å². The summed E-state index contributed by atoms with van der Waals surface area (Å²) in [4.78, 5) is 11.3. The molecule has 4 heteroatoms. The van der Waals surface area contributed by atoms with Gasteiger partial charge < -0.3 is 14.6 Å². The van der Waals surface area contributed by atoms with Crippen LogP contribution in [0.15, 0.2) is 24.3 Å². The van der Waals surface area contributed by atoms with Crippen LogP contribution in [0.25, 0.3) is 0 Å². The number of aliphatic carboxylic acids is 1. The zero-order valence-corrected chi connectivity index (χ0v) is 10.1. The molecule has 1 aliphatic heterocycles. The van der Waals surface area contributed by atoms with Crippen molar-refractivity contribution in [3.63, 3.8) is 0 Å². The smallest absolute Gasteiger partial charge is 0.314 e. The fourth-order valence-electron chi connectivity index (χ4n) is 2.42. The van der Waals surface area contributed by atoms with Gasteiger partial charge in [0.15, 0.2) is 0 Å². The van der Waals surface area contributed by atoms with Gasteiger partial charge in [0.2, 0.25) is 0 Å². The molecule has 18 heavy (non-hydrogen) atoms. The van der Waals surface area contributed by atoms with Crippen LogP contribution in [-0.4, -0.2) is 30.4 Å². The van der Waals surface area contributed by atoms with E-state index in [4.69, 9.17) is 9.47 Å². The molecule has 4 nitrogen and oxygen atoms in total. The molecule has 1 saturated carbocycles. The van der Waals surface area contributed by atoms with Crippen LogP contribution >= 0.6 is 0 Å². The number of benzene rings is 1. The number of hydrogen-bond donors (Lipinski definition) is 1. The standard InChI is InChI=1S/C14H16O4/c15-13(16)14(5-6-14)10-2-1-3-11(8-10)18-12-4-7-17-9-12/h1-3,8,12H,4-7,9H2,(H,15,16). The highest BCUT2D eigenvalue weighted by Crippen LogP contribution is 2.49. The molecule has 0 radical (unpaired) electrons. The van der Waals surface area contributed by atoms with Crippen LogP contribution in [-0.2, 0) is 14.9 Å². The molecule has 1 aromatic rings. The Labute approximate surface area is 106 Å². The Morgan fingerprint density at radius 2 is 2.28 bits per heavy atom. The number of ether oxygens (including phenoxy) is 2. The second-order valence-corrected chi connectivity index (χ2v) is 5.02. The van der Waals surface area contributed by atoms with Crippen LogP contribution in [0.3, 0.4) is 0 Å². The van der Waals surface area contributed by atoms with Gasteiger partial charge in [0.1, 0.15) is 11.9 Å². The molecule has 1 heterocycles. The third-order valence-corrected chi connectivity index (χ3v) is 3.74. The fraction of sp³-hybridized carbons (Fsp3) is 0.500. The summed E-state index contributed by atoms with van der Waals surface area (Å²) in [7, 11) is 0. The normalized spacial score (nSPS) is 24.8. The molecule has 2 fully saturated rings. The van der Waals surface area contributed by atoms with E-state index in [0.717, 1.165) is 37.2 Å². The summed E-state index contributed by atoms with van der Waals surface area (Å²) >= 11 is 0. The maximum absolute atomic E-state index is 11.3. The lowest BCUT2D eigenvalue weighted by Gasteiger charge is -2.15. The quantitative estimate of drug-likeness (QED) is 0.885. The third kappa shape index (κ3) is 1.97. The summed E-state index contributed by atoms with van der Waals surface area (Å²) in [5.41, 5.74) is 0.192. The number of rotatable bonds is 4. The molecule has 1 aromatic carbocycles. The monoisotopic (exact) mass is 248 g/mol. The minimum Gasteiger partial charge on any atom is -0.488 e. The molecule has 0 bridgehead atoms. The zero-order valence-electron chi connectivity index (χ0n) is 10.1. The molecular formula is C14H16O4. The van der Waals surface area contributed by atoms with E-state index in [1.807, 2.05) is 24.3 Å². The number of hydrogen-bond acceptors (Lipinski definition) is 3. The molecular weight excluding hydrogens is 232 g/mol. The Balaban J connectivity index is 1.79. The van der Waals surface area contributed by atoms with Gasteiger partial charge >= 0.3 is 5.97 Å². The lowest BCUT2D eigenvalue weighted by molar-refractivity contribution is -0.140. The Morgan fingerprint density at radius 3 is 2.89 bits per heavy atom. The first kappa shape index (κ1) is 11.5. The van der Waals surface area contributed by atoms with E-state index in [1.165, 1.54) is 0 Å². The molecule has 96 valence electrons. The Bertz CT molecular complexity index is 459. The van der Waals surface area contributed by atoms with Gasteiger partial charge in [-0.25, -0.2) is 0 Å². The summed E-state index contributed by atoms with van der Waals surface area (Å²) in [5, 5.41) is 9.27. The van der Waals surface area contributed by atoms with Gasteiger partial charge in [-0.3, -0.25) is 4.79 Å². The van der Waals surface area contributed by atoms with E-state index in [-0.39, 0.29) is 6.10 Å². The highest BCUT2D eigenvalue weighted by molar-refractivity contribution is 5.85. The Hall–Kier alpha value is -1.55. The van der Waals surface area contributed by atoms with Crippen LogP contribution in [0.5, 0.6) is 5.75 Å². The van der Waals surface area contributed by atoms with Crippen molar-refractivity contribution in [2.75, 3.05) is 13.2 Å². The topological polar surface area (TPSA) is 55.8 Å². The average molecular weight is 248 g/mol. The Kier molecular flexibility index (Phi) is 2.74. The summed E-state index contributed by atoms with van der Waals surface area (Å²) in [6.45, 7) is 1.36. The highest BCUT2D eigenvalue weighted by atomic mass is 16.5. The lowest BCUT2D eigenvalue weighted by atomic mass is 9.96. The molecule has 1 aliphatic carbocycles. The van der Waals surface area contributed by atoms with Gasteiger partial charge in [0, 0.05) is 6.42 Å². The van der Waals surface area contributed by atoms with E-state index in [0.29, 0.717) is 6.61 Å². The zero-order chi connectivity index (χ0) is 12.6. The molecule has 1 unspecified atom stereocenters. The van der Waals surface area contributed by atoms with Gasteiger partial charge in [-0.15, -0.1) is 0 Å². The van der Waals surface area contributed by atoms with Crippen LogP contribution in [0.4, 0.5) is 0 Å². The summed E-state index contributed by atoms with van der Waals surface area (Å²) in [6, 6.07) is 7.47. The van der Waals surface area contributed by atoms with Gasteiger partial charge in [-0.2, -0.15) is 0 Å². The van der Waals surface area contributed by atoms with Gasteiger partial charge in [0.25, 0.3) is 0 Å². The van der Waals surface area contributed by atoms with Crippen molar-refractivity contribution in [3.05, 3.63) is 29.8 Å². The maximum Gasteiger partial charge on any atom is 0.314 e. The van der Waals surface area contributed by atoms with Crippen molar-refractivity contribution in [2.24, 2.45) is 0 Å². The Morgan fingerprint density at radius 1 is 1.44 bits per heavy atom. The van der Waals surface area contributed by atoms with Crippen LogP contribution in [0.1, 0.15) is 24.8 Å². The van der Waals surface area contributed by atoms with E-state index in [1.54, 1.807) is 0 Å². The van der Waals surface area contributed by atoms with E-state index < -0.39 is 11.4 Å². The number of carboxylic acid groups (broad SMARTS) is 1. The predicted octanol–water partition coefficient (Wildman–Crippen LogP) is 1.97. The minimum atomic E-state index is -0.733. The molecule has 2 aliphatic rings. The third-order valence-electron chi connectivity index (χ3n) is 3.74. The minimum absolute atomic E-state index is 0.0974. The van der Waals surface area contributed by atoms with Crippen molar-refractivity contribution < 1.29 is 19.4 Å². The second kappa shape index (κ2) is 4.28. The van der Waals surface area contributed by atoms with E-state index >= 15 is 0 Å². The maximum atomic E-state index is 11.3. The van der Waals surface area contributed by atoms with E-state index in [2.05, 4.69) is 0 Å². The predicted molar refractivity (Wildman–Crippen MR) is 64.8 cm³/mol. The fourth-order valence-corrected chi connectivity index (χ4v) is 2.42. The van der Waals surface area contributed by atoms with Crippen molar-refractivity contribution >= 4 is 5.97 Å². The number of carboxylic acids is 1. The molecule has 3 rings (SSSR count). The second-order valence-electron chi connectivity index (χ2n) is 5.02. The highest BCUT2D eigenvalue weighted by Gasteiger charge is 2.51. The molecule has 0 amide bonds. The molecule has 0 spiro atoms. The van der Waals surface area contributed by atoms with Crippen LogP contribution in [0, 0.1) is 0 Å².